The molecule has 0 bridgehead atoms. The summed E-state index contributed by atoms with van der Waals surface area (Å²) in [5, 5.41) is 0.112. The lowest BCUT2D eigenvalue weighted by Crippen LogP contribution is -2.17. The smallest absolute Gasteiger partial charge is 0.328 e. The molecule has 0 saturated carbocycles. The second-order valence-corrected chi connectivity index (χ2v) is 5.82. The monoisotopic (exact) mass is 303 g/mol. The molecule has 7 nitrogen and oxygen atoms in total. The molecule has 0 aliphatic carbocycles. The van der Waals surface area contributed by atoms with Crippen LogP contribution in [0.2, 0.25) is 0 Å². The van der Waals surface area contributed by atoms with Gasteiger partial charge in [0, 0.05) is 6.26 Å². The Morgan fingerprint density at radius 2 is 2.00 bits per heavy atom. The lowest BCUT2D eigenvalue weighted by atomic mass is 10.2. The van der Waals surface area contributed by atoms with E-state index in [1.807, 2.05) is 30.3 Å². The van der Waals surface area contributed by atoms with E-state index < -0.39 is 10.8 Å². The second-order valence-electron chi connectivity index (χ2n) is 4.55. The van der Waals surface area contributed by atoms with Gasteiger partial charge >= 0.3 is 5.69 Å². The van der Waals surface area contributed by atoms with Crippen molar-refractivity contribution in [2.45, 2.75) is 11.7 Å². The van der Waals surface area contributed by atoms with Crippen LogP contribution >= 0.6 is 0 Å². The van der Waals surface area contributed by atoms with Gasteiger partial charge in [-0.25, -0.2) is 14.8 Å². The normalized spacial score (nSPS) is 12.6. The maximum atomic E-state index is 12.1. The Balaban J connectivity index is 2.20. The highest BCUT2D eigenvalue weighted by atomic mass is 32.2. The molecular weight excluding hydrogens is 290 g/mol. The zero-order valence-electron chi connectivity index (χ0n) is 11.2. The van der Waals surface area contributed by atoms with Gasteiger partial charge in [-0.3, -0.25) is 8.78 Å². The molecule has 0 spiro atoms. The number of rotatable bonds is 3. The van der Waals surface area contributed by atoms with Crippen LogP contribution in [-0.2, 0) is 17.3 Å². The summed E-state index contributed by atoms with van der Waals surface area (Å²) in [6.07, 6.45) is 1.47. The van der Waals surface area contributed by atoms with Crippen molar-refractivity contribution in [1.82, 2.24) is 19.5 Å². The summed E-state index contributed by atoms with van der Waals surface area (Å²) >= 11 is 0. The van der Waals surface area contributed by atoms with E-state index in [4.69, 9.17) is 5.73 Å². The predicted molar refractivity (Wildman–Crippen MR) is 80.4 cm³/mol. The van der Waals surface area contributed by atoms with E-state index in [0.717, 1.165) is 5.56 Å². The number of benzene rings is 1. The van der Waals surface area contributed by atoms with Crippen LogP contribution in [0.5, 0.6) is 0 Å². The molecule has 0 fully saturated rings. The molecule has 0 radical (unpaired) electrons. The van der Waals surface area contributed by atoms with E-state index in [1.165, 1.54) is 10.8 Å². The summed E-state index contributed by atoms with van der Waals surface area (Å²) < 4.78 is 13.0. The fourth-order valence-corrected chi connectivity index (χ4v) is 2.51. The third kappa shape index (κ3) is 2.45. The van der Waals surface area contributed by atoms with Crippen molar-refractivity contribution in [3.8, 4) is 0 Å². The molecule has 2 aromatic heterocycles. The first kappa shape index (κ1) is 13.5. The molecule has 1 aromatic carbocycles. The topological polar surface area (TPSA) is 107 Å². The van der Waals surface area contributed by atoms with Crippen LogP contribution in [0.4, 0.5) is 5.82 Å². The van der Waals surface area contributed by atoms with Gasteiger partial charge in [-0.05, 0) is 5.56 Å². The lowest BCUT2D eigenvalue weighted by molar-refractivity contribution is 0.679. The number of imidazole rings is 1. The van der Waals surface area contributed by atoms with Crippen molar-refractivity contribution >= 4 is 27.8 Å². The Morgan fingerprint density at radius 1 is 1.29 bits per heavy atom. The summed E-state index contributed by atoms with van der Waals surface area (Å²) in [4.78, 5) is 22.9. The Morgan fingerprint density at radius 3 is 2.67 bits per heavy atom. The molecule has 1 atom stereocenters. The van der Waals surface area contributed by atoms with Crippen LogP contribution in [0.15, 0.2) is 40.3 Å². The minimum Gasteiger partial charge on any atom is -0.382 e. The van der Waals surface area contributed by atoms with E-state index in [1.54, 1.807) is 0 Å². The van der Waals surface area contributed by atoms with Gasteiger partial charge < -0.3 is 10.7 Å². The Hall–Kier alpha value is -2.48. The standard InChI is InChI=1S/C13H13N5O2S/c1-21(20)12-16-10(14)9-11(17-12)18(13(19)15-9)7-8-5-3-2-4-6-8/h2-6H,7H2,1H3,(H,15,19)(H2,14,16,17). The van der Waals surface area contributed by atoms with Gasteiger partial charge in [-0.15, -0.1) is 0 Å². The molecule has 3 N–H and O–H groups in total. The number of hydrogen-bond donors (Lipinski definition) is 2. The highest BCUT2D eigenvalue weighted by Gasteiger charge is 2.15. The fraction of sp³-hybridized carbons (Fsp3) is 0.154. The van der Waals surface area contributed by atoms with Crippen LogP contribution in [-0.4, -0.2) is 30.0 Å². The van der Waals surface area contributed by atoms with E-state index in [-0.39, 0.29) is 16.7 Å². The van der Waals surface area contributed by atoms with Crippen LogP contribution < -0.4 is 11.4 Å². The van der Waals surface area contributed by atoms with E-state index in [2.05, 4.69) is 15.0 Å². The number of H-pyrrole nitrogens is 1. The number of aromatic amines is 1. The predicted octanol–water partition coefficient (Wildman–Crippen LogP) is 0.487. The molecule has 2 heterocycles. The molecule has 3 aromatic rings. The average Bonchev–Trinajstić information content (AvgIpc) is 2.77. The van der Waals surface area contributed by atoms with Gasteiger partial charge in [0.15, 0.2) is 11.5 Å². The zero-order valence-corrected chi connectivity index (χ0v) is 12.1. The van der Waals surface area contributed by atoms with Crippen molar-refractivity contribution in [2.24, 2.45) is 0 Å². The molecule has 108 valence electrons. The van der Waals surface area contributed by atoms with Crippen LogP contribution in [0.1, 0.15) is 5.56 Å². The van der Waals surface area contributed by atoms with Crippen LogP contribution in [0, 0.1) is 0 Å². The van der Waals surface area contributed by atoms with Crippen molar-refractivity contribution in [1.29, 1.82) is 0 Å². The summed E-state index contributed by atoms with van der Waals surface area (Å²) in [5.41, 5.74) is 7.16. The molecule has 0 aliphatic rings. The Labute approximate surface area is 122 Å². The maximum Gasteiger partial charge on any atom is 0.328 e. The summed E-state index contributed by atoms with van der Waals surface area (Å²) in [6.45, 7) is 0.353. The Bertz CT molecular complexity index is 885. The van der Waals surface area contributed by atoms with E-state index in [9.17, 15) is 9.00 Å². The highest BCUT2D eigenvalue weighted by Crippen LogP contribution is 2.16. The first-order valence-electron chi connectivity index (χ1n) is 6.19. The number of nitrogen functional groups attached to an aromatic ring is 1. The fourth-order valence-electron chi connectivity index (χ4n) is 2.07. The molecular formula is C13H13N5O2S. The molecule has 3 rings (SSSR count). The van der Waals surface area contributed by atoms with Crippen molar-refractivity contribution < 1.29 is 4.21 Å². The number of fused-ring (bicyclic) bond motifs is 1. The number of aromatic nitrogens is 4. The van der Waals surface area contributed by atoms with Crippen molar-refractivity contribution in [2.75, 3.05) is 12.0 Å². The molecule has 0 aliphatic heterocycles. The third-order valence-corrected chi connectivity index (χ3v) is 3.77. The highest BCUT2D eigenvalue weighted by molar-refractivity contribution is 7.84. The number of anilines is 1. The van der Waals surface area contributed by atoms with Gasteiger partial charge in [0.1, 0.15) is 5.52 Å². The van der Waals surface area contributed by atoms with E-state index >= 15 is 0 Å². The first-order valence-corrected chi connectivity index (χ1v) is 7.75. The van der Waals surface area contributed by atoms with E-state index in [0.29, 0.717) is 17.7 Å². The SMILES string of the molecule is CS(=O)c1nc(N)c2[nH]c(=O)n(Cc3ccccc3)c2n1. The number of nitrogens with zero attached hydrogens (tertiary/aromatic N) is 3. The lowest BCUT2D eigenvalue weighted by Gasteiger charge is -2.04. The third-order valence-electron chi connectivity index (χ3n) is 3.07. The quantitative estimate of drug-likeness (QED) is 0.685. The molecule has 8 heteroatoms. The summed E-state index contributed by atoms with van der Waals surface area (Å²) in [7, 11) is -1.37. The van der Waals surface area contributed by atoms with Gasteiger partial charge in [-0.1, -0.05) is 30.3 Å². The number of nitrogens with one attached hydrogen (secondary N) is 1. The largest absolute Gasteiger partial charge is 0.382 e. The Kier molecular flexibility index (Phi) is 3.30. The molecule has 0 saturated heterocycles. The van der Waals surface area contributed by atoms with Crippen LogP contribution in [0.3, 0.4) is 0 Å². The van der Waals surface area contributed by atoms with Gasteiger partial charge in [0.25, 0.3) is 0 Å². The maximum absolute atomic E-state index is 12.1. The molecule has 0 amide bonds. The molecule has 1 unspecified atom stereocenters. The van der Waals surface area contributed by atoms with Gasteiger partial charge in [-0.2, -0.15) is 0 Å². The zero-order chi connectivity index (χ0) is 15.0. The van der Waals surface area contributed by atoms with Crippen LogP contribution in [0.25, 0.3) is 11.2 Å². The van der Waals surface area contributed by atoms with Crippen molar-refractivity contribution in [3.63, 3.8) is 0 Å². The molecule has 21 heavy (non-hydrogen) atoms. The summed E-state index contributed by atoms with van der Waals surface area (Å²) in [6, 6.07) is 9.51. The average molecular weight is 303 g/mol. The number of nitrogens with two attached hydrogens (primary N) is 1. The van der Waals surface area contributed by atoms with Crippen molar-refractivity contribution in [3.05, 3.63) is 46.4 Å². The summed E-state index contributed by atoms with van der Waals surface area (Å²) in [5.74, 6) is 0.120. The minimum absolute atomic E-state index is 0.112. The van der Waals surface area contributed by atoms with Gasteiger partial charge in [0.2, 0.25) is 5.16 Å². The van der Waals surface area contributed by atoms with Gasteiger partial charge in [0.05, 0.1) is 17.3 Å². The minimum atomic E-state index is -1.37. The number of hydrogen-bond acceptors (Lipinski definition) is 5. The first-order chi connectivity index (χ1) is 10.1. The second kappa shape index (κ2) is 5.13.